The molecule has 2 amide bonds. The average molecular weight is 482 g/mol. The Labute approximate surface area is 200 Å². The van der Waals surface area contributed by atoms with Gasteiger partial charge >= 0.3 is 12.6 Å². The van der Waals surface area contributed by atoms with Crippen LogP contribution in [0.25, 0.3) is 11.3 Å². The van der Waals surface area contributed by atoms with E-state index in [1.165, 1.54) is 12.3 Å². The van der Waals surface area contributed by atoms with Gasteiger partial charge in [0.05, 0.1) is 11.2 Å². The van der Waals surface area contributed by atoms with E-state index in [1.54, 1.807) is 6.20 Å². The van der Waals surface area contributed by atoms with Crippen LogP contribution < -0.4 is 15.8 Å². The van der Waals surface area contributed by atoms with E-state index in [9.17, 15) is 13.6 Å². The first-order valence-corrected chi connectivity index (χ1v) is 11.6. The summed E-state index contributed by atoms with van der Waals surface area (Å²) >= 11 is 0. The summed E-state index contributed by atoms with van der Waals surface area (Å²) < 4.78 is 31.8. The summed E-state index contributed by atoms with van der Waals surface area (Å²) in [6.07, 6.45) is 8.85. The van der Waals surface area contributed by atoms with Crippen molar-refractivity contribution in [2.24, 2.45) is 0 Å². The normalized spacial score (nSPS) is 19.2. The molecule has 0 aromatic carbocycles. The lowest BCUT2D eigenvalue weighted by atomic mass is 9.72. The van der Waals surface area contributed by atoms with E-state index in [0.717, 1.165) is 43.5 Å². The van der Waals surface area contributed by atoms with Gasteiger partial charge in [0, 0.05) is 54.9 Å². The van der Waals surface area contributed by atoms with Crippen LogP contribution in [0.15, 0.2) is 42.9 Å². The summed E-state index contributed by atoms with van der Waals surface area (Å²) in [4.78, 5) is 23.2. The number of pyridine rings is 2. The Balaban J connectivity index is 1.17. The Kier molecular flexibility index (Phi) is 4.90. The van der Waals surface area contributed by atoms with Crippen molar-refractivity contribution in [2.75, 3.05) is 18.8 Å². The fraction of sp³-hybridized carbons (Fsp3) is 0.417. The van der Waals surface area contributed by atoms with Gasteiger partial charge in [0.25, 0.3) is 0 Å². The van der Waals surface area contributed by atoms with Gasteiger partial charge in [-0.15, -0.1) is 0 Å². The maximum absolute atomic E-state index is 13.1. The molecule has 3 N–H and O–H groups in total. The summed E-state index contributed by atoms with van der Waals surface area (Å²) in [5.41, 5.74) is 8.40. The second kappa shape index (κ2) is 7.89. The Morgan fingerprint density at radius 2 is 2.03 bits per heavy atom. The van der Waals surface area contributed by atoms with Gasteiger partial charge in [0.15, 0.2) is 11.6 Å². The number of hydrogen-bond acceptors (Lipinski definition) is 6. The van der Waals surface area contributed by atoms with Gasteiger partial charge in [-0.1, -0.05) is 6.07 Å². The summed E-state index contributed by atoms with van der Waals surface area (Å²) in [6, 6.07) is 7.23. The molecule has 0 atom stereocenters. The van der Waals surface area contributed by atoms with Gasteiger partial charge < -0.3 is 20.7 Å². The van der Waals surface area contributed by atoms with Crippen molar-refractivity contribution in [3.63, 3.8) is 0 Å². The number of amides is 2. The first kappa shape index (κ1) is 21.8. The zero-order valence-corrected chi connectivity index (χ0v) is 19.0. The van der Waals surface area contributed by atoms with Crippen molar-refractivity contribution >= 4 is 11.8 Å². The fourth-order valence-electron chi connectivity index (χ4n) is 5.48. The molecule has 9 nitrogen and oxygen atoms in total. The Morgan fingerprint density at radius 3 is 2.71 bits per heavy atom. The zero-order valence-electron chi connectivity index (χ0n) is 19.0. The lowest BCUT2D eigenvalue weighted by molar-refractivity contribution is -0.0494. The van der Waals surface area contributed by atoms with E-state index in [0.29, 0.717) is 24.3 Å². The molecule has 3 aromatic heterocycles. The largest absolute Gasteiger partial charge is 0.431 e. The summed E-state index contributed by atoms with van der Waals surface area (Å²) in [5, 5.41) is 7.91. The molecule has 35 heavy (non-hydrogen) atoms. The molecule has 6 rings (SSSR count). The number of urea groups is 1. The van der Waals surface area contributed by atoms with Crippen molar-refractivity contribution in [1.29, 1.82) is 0 Å². The third-order valence-corrected chi connectivity index (χ3v) is 7.56. The molecule has 3 aliphatic rings. The first-order chi connectivity index (χ1) is 16.9. The topological polar surface area (TPSA) is 111 Å². The van der Waals surface area contributed by atoms with E-state index >= 15 is 0 Å². The molecular weight excluding hydrogens is 456 g/mol. The lowest BCUT2D eigenvalue weighted by Crippen LogP contribution is -2.65. The minimum atomic E-state index is -2.99. The molecule has 11 heteroatoms. The van der Waals surface area contributed by atoms with Gasteiger partial charge in [-0.3, -0.25) is 9.67 Å². The maximum Gasteiger partial charge on any atom is 0.387 e. The smallest absolute Gasteiger partial charge is 0.387 e. The quantitative estimate of drug-likeness (QED) is 0.579. The number of nitrogens with one attached hydrogen (secondary N) is 1. The van der Waals surface area contributed by atoms with Crippen molar-refractivity contribution < 1.29 is 18.3 Å². The van der Waals surface area contributed by atoms with E-state index in [1.807, 2.05) is 34.0 Å². The third kappa shape index (κ3) is 3.57. The number of carbonyl (C=O) groups is 1. The van der Waals surface area contributed by atoms with Crippen LogP contribution in [0.4, 0.5) is 19.4 Å². The van der Waals surface area contributed by atoms with Crippen molar-refractivity contribution in [2.45, 2.75) is 49.8 Å². The highest BCUT2D eigenvalue weighted by atomic mass is 19.3. The summed E-state index contributed by atoms with van der Waals surface area (Å²) in [7, 11) is 0. The number of rotatable bonds is 5. The Hall–Kier alpha value is -3.76. The molecule has 0 radical (unpaired) electrons. The highest BCUT2D eigenvalue weighted by molar-refractivity contribution is 5.77. The number of nitrogens with zero attached hydrogens (tertiary/aromatic N) is 5. The number of likely N-dealkylation sites (tertiary alicyclic amines) is 1. The lowest BCUT2D eigenvalue weighted by Gasteiger charge is -2.50. The number of nitrogen functional groups attached to an aromatic ring is 1. The predicted octanol–water partition coefficient (Wildman–Crippen LogP) is 3.27. The van der Waals surface area contributed by atoms with Gasteiger partial charge in [-0.05, 0) is 49.4 Å². The van der Waals surface area contributed by atoms with Crippen LogP contribution >= 0.6 is 0 Å². The SMILES string of the molecule is Nc1ncc(-c2cc3n(n2)CCC32CN(C(=O)NC3(c4cccnc4)CCC3)C2)cc1OC(F)F. The van der Waals surface area contributed by atoms with E-state index in [-0.39, 0.29) is 28.6 Å². The molecule has 2 aliphatic heterocycles. The monoisotopic (exact) mass is 481 g/mol. The van der Waals surface area contributed by atoms with E-state index in [4.69, 9.17) is 5.73 Å². The van der Waals surface area contributed by atoms with Crippen LogP contribution in [-0.2, 0) is 17.5 Å². The number of alkyl halides is 2. The van der Waals surface area contributed by atoms with Crippen LogP contribution in [0.3, 0.4) is 0 Å². The highest BCUT2D eigenvalue weighted by Crippen LogP contribution is 2.45. The van der Waals surface area contributed by atoms with Crippen LogP contribution in [-0.4, -0.2) is 50.4 Å². The van der Waals surface area contributed by atoms with Gasteiger partial charge in [-0.2, -0.15) is 13.9 Å². The first-order valence-electron chi connectivity index (χ1n) is 11.6. The van der Waals surface area contributed by atoms with E-state index < -0.39 is 6.61 Å². The molecule has 1 saturated heterocycles. The number of fused-ring (bicyclic) bond motifs is 2. The highest BCUT2D eigenvalue weighted by Gasteiger charge is 2.52. The third-order valence-electron chi connectivity index (χ3n) is 7.56. The minimum absolute atomic E-state index is 0.0612. The standard InChI is InChI=1S/C24H25F2N7O2/c25-21(26)35-18-9-15(11-29-20(18)27)17-10-19-23(6-8-33(19)31-17)13-32(14-23)22(34)30-24(4-2-5-24)16-3-1-7-28-12-16/h1,3,7,9-12,21H,2,4-6,8,13-14H2,(H2,27,29)(H,30,34). The molecule has 2 fully saturated rings. The number of aromatic nitrogens is 4. The number of nitrogens with two attached hydrogens (primary N) is 1. The predicted molar refractivity (Wildman–Crippen MR) is 123 cm³/mol. The van der Waals surface area contributed by atoms with Crippen LogP contribution in [0.5, 0.6) is 5.75 Å². The van der Waals surface area contributed by atoms with Crippen LogP contribution in [0.2, 0.25) is 0 Å². The van der Waals surface area contributed by atoms with Crippen molar-refractivity contribution in [3.8, 4) is 17.0 Å². The molecule has 1 spiro atoms. The fourth-order valence-corrected chi connectivity index (χ4v) is 5.48. The van der Waals surface area contributed by atoms with Crippen molar-refractivity contribution in [3.05, 3.63) is 54.1 Å². The maximum atomic E-state index is 13.1. The Bertz CT molecular complexity index is 1270. The van der Waals surface area contributed by atoms with Gasteiger partial charge in [-0.25, -0.2) is 9.78 Å². The minimum Gasteiger partial charge on any atom is -0.431 e. The molecule has 182 valence electrons. The number of carbonyl (C=O) groups excluding carboxylic acids is 1. The van der Waals surface area contributed by atoms with E-state index in [2.05, 4.69) is 25.1 Å². The second-order valence-electron chi connectivity index (χ2n) is 9.62. The molecule has 1 saturated carbocycles. The molecule has 0 unspecified atom stereocenters. The van der Waals surface area contributed by atoms with Gasteiger partial charge in [0.1, 0.15) is 0 Å². The van der Waals surface area contributed by atoms with Crippen molar-refractivity contribution in [1.82, 2.24) is 30.0 Å². The summed E-state index contributed by atoms with van der Waals surface area (Å²) in [6.45, 7) is -1.05. The molecular formula is C24H25F2N7O2. The number of ether oxygens (including phenoxy) is 1. The second-order valence-corrected chi connectivity index (χ2v) is 9.62. The van der Waals surface area contributed by atoms with Crippen LogP contribution in [0, 0.1) is 0 Å². The molecule has 0 bridgehead atoms. The molecule has 5 heterocycles. The summed E-state index contributed by atoms with van der Waals surface area (Å²) in [5.74, 6) is -0.279. The number of halogens is 2. The number of aryl methyl sites for hydroxylation is 1. The van der Waals surface area contributed by atoms with Crippen LogP contribution in [0.1, 0.15) is 36.9 Å². The van der Waals surface area contributed by atoms with Gasteiger partial charge in [0.2, 0.25) is 0 Å². The number of anilines is 1. The molecule has 3 aromatic rings. The zero-order chi connectivity index (χ0) is 24.2. The average Bonchev–Trinajstić information content (AvgIpc) is 3.36. The Morgan fingerprint density at radius 1 is 1.20 bits per heavy atom. The number of hydrogen-bond donors (Lipinski definition) is 2. The molecule has 1 aliphatic carbocycles.